The van der Waals surface area contributed by atoms with Crippen LogP contribution in [0.2, 0.25) is 0 Å². The Morgan fingerprint density at radius 1 is 1.24 bits per heavy atom. The molecule has 110 valence electrons. The molecule has 0 unspecified atom stereocenters. The quantitative estimate of drug-likeness (QED) is 0.923. The molecule has 0 fully saturated rings. The number of hydrogen-bond acceptors (Lipinski definition) is 6. The predicted octanol–water partition coefficient (Wildman–Crippen LogP) is 2.82. The van der Waals surface area contributed by atoms with Crippen LogP contribution < -0.4 is 14.8 Å². The number of benzene rings is 1. The molecule has 2 heterocycles. The Morgan fingerprint density at radius 3 is 2.71 bits per heavy atom. The van der Waals surface area contributed by atoms with E-state index in [1.807, 2.05) is 0 Å². The van der Waals surface area contributed by atoms with E-state index in [1.54, 1.807) is 18.2 Å². The van der Waals surface area contributed by atoms with Gasteiger partial charge in [-0.3, -0.25) is 10.1 Å². The fourth-order valence-corrected chi connectivity index (χ4v) is 2.58. The van der Waals surface area contributed by atoms with Crippen LogP contribution in [0.4, 0.5) is 5.13 Å². The fourth-order valence-electron chi connectivity index (χ4n) is 1.78. The third-order valence-corrected chi connectivity index (χ3v) is 4.19. The Hall–Kier alpha value is -2.15. The van der Waals surface area contributed by atoms with Crippen molar-refractivity contribution in [2.75, 3.05) is 12.1 Å². The van der Waals surface area contributed by atoms with E-state index in [4.69, 9.17) is 9.47 Å². The molecule has 0 saturated carbocycles. The van der Waals surface area contributed by atoms with Gasteiger partial charge in [0.2, 0.25) is 11.9 Å². The molecule has 0 aliphatic carbocycles. The molecule has 2 aromatic rings. The Kier molecular flexibility index (Phi) is 3.29. The van der Waals surface area contributed by atoms with Gasteiger partial charge in [-0.15, -0.1) is 10.2 Å². The van der Waals surface area contributed by atoms with Crippen molar-refractivity contribution in [3.63, 3.8) is 0 Å². The van der Waals surface area contributed by atoms with E-state index < -0.39 is 0 Å². The number of carbonyl (C=O) groups is 1. The first-order valence-electron chi connectivity index (χ1n) is 6.48. The van der Waals surface area contributed by atoms with E-state index in [0.717, 1.165) is 5.01 Å². The number of amides is 1. The highest BCUT2D eigenvalue weighted by molar-refractivity contribution is 7.15. The lowest BCUT2D eigenvalue weighted by atomic mass is 9.98. The summed E-state index contributed by atoms with van der Waals surface area (Å²) in [7, 11) is 0. The molecule has 0 saturated heterocycles. The molecular weight excluding hydrogens is 290 g/mol. The van der Waals surface area contributed by atoms with Crippen molar-refractivity contribution in [2.24, 2.45) is 0 Å². The van der Waals surface area contributed by atoms with Gasteiger partial charge in [0.05, 0.1) is 0 Å². The molecular formula is C14H15N3O3S. The minimum absolute atomic E-state index is 0.0839. The average molecular weight is 305 g/mol. The van der Waals surface area contributed by atoms with Crippen LogP contribution >= 0.6 is 11.3 Å². The molecule has 1 amide bonds. The summed E-state index contributed by atoms with van der Waals surface area (Å²) in [5, 5.41) is 12.2. The van der Waals surface area contributed by atoms with Crippen molar-refractivity contribution < 1.29 is 14.3 Å². The van der Waals surface area contributed by atoms with Crippen LogP contribution in [-0.4, -0.2) is 22.9 Å². The summed E-state index contributed by atoms with van der Waals surface area (Å²) in [4.78, 5) is 12.2. The van der Waals surface area contributed by atoms with E-state index in [9.17, 15) is 4.79 Å². The maximum Gasteiger partial charge on any atom is 0.257 e. The van der Waals surface area contributed by atoms with E-state index in [0.29, 0.717) is 22.2 Å². The van der Waals surface area contributed by atoms with Crippen LogP contribution in [0.3, 0.4) is 0 Å². The lowest BCUT2D eigenvalue weighted by Gasteiger charge is -2.12. The summed E-state index contributed by atoms with van der Waals surface area (Å²) < 4.78 is 10.5. The minimum Gasteiger partial charge on any atom is -0.454 e. The molecule has 0 atom stereocenters. The Bertz CT molecular complexity index is 691. The summed E-state index contributed by atoms with van der Waals surface area (Å²) in [5.41, 5.74) is 0.408. The maximum atomic E-state index is 12.2. The van der Waals surface area contributed by atoms with Crippen molar-refractivity contribution in [3.05, 3.63) is 28.8 Å². The lowest BCUT2D eigenvalue weighted by molar-refractivity contribution is 0.102. The zero-order valence-corrected chi connectivity index (χ0v) is 12.8. The van der Waals surface area contributed by atoms with Gasteiger partial charge < -0.3 is 9.47 Å². The first-order chi connectivity index (χ1) is 9.93. The summed E-state index contributed by atoms with van der Waals surface area (Å²) in [6.07, 6.45) is 0. The highest BCUT2D eigenvalue weighted by Gasteiger charge is 2.21. The van der Waals surface area contributed by atoms with Crippen LogP contribution in [0.5, 0.6) is 11.5 Å². The smallest absolute Gasteiger partial charge is 0.257 e. The number of fused-ring (bicyclic) bond motifs is 1. The summed E-state index contributed by atoms with van der Waals surface area (Å²) in [6, 6.07) is 5.07. The van der Waals surface area contributed by atoms with Gasteiger partial charge in [-0.2, -0.15) is 0 Å². The highest BCUT2D eigenvalue weighted by atomic mass is 32.1. The number of rotatable bonds is 2. The van der Waals surface area contributed by atoms with Gasteiger partial charge in [-0.25, -0.2) is 0 Å². The number of nitrogens with one attached hydrogen (secondary N) is 1. The second-order valence-electron chi connectivity index (χ2n) is 5.68. The van der Waals surface area contributed by atoms with Gasteiger partial charge in [0.15, 0.2) is 11.5 Å². The zero-order chi connectivity index (χ0) is 15.0. The van der Waals surface area contributed by atoms with E-state index in [1.165, 1.54) is 11.3 Å². The third-order valence-electron chi connectivity index (χ3n) is 2.92. The van der Waals surface area contributed by atoms with Crippen LogP contribution in [0, 0.1) is 0 Å². The zero-order valence-electron chi connectivity index (χ0n) is 12.0. The first-order valence-corrected chi connectivity index (χ1v) is 7.30. The van der Waals surface area contributed by atoms with Crippen LogP contribution in [0.15, 0.2) is 18.2 Å². The molecule has 0 radical (unpaired) electrons. The number of anilines is 1. The summed E-state index contributed by atoms with van der Waals surface area (Å²) in [6.45, 7) is 6.34. The van der Waals surface area contributed by atoms with Crippen molar-refractivity contribution in [1.82, 2.24) is 10.2 Å². The van der Waals surface area contributed by atoms with Gasteiger partial charge in [-0.1, -0.05) is 32.1 Å². The van der Waals surface area contributed by atoms with Crippen molar-refractivity contribution in [1.29, 1.82) is 0 Å². The van der Waals surface area contributed by atoms with Gasteiger partial charge in [0.1, 0.15) is 5.01 Å². The average Bonchev–Trinajstić information content (AvgIpc) is 3.04. The van der Waals surface area contributed by atoms with Crippen LogP contribution in [0.1, 0.15) is 36.1 Å². The number of nitrogens with zero attached hydrogens (tertiary/aromatic N) is 2. The van der Waals surface area contributed by atoms with Gasteiger partial charge in [0, 0.05) is 11.0 Å². The maximum absolute atomic E-state index is 12.2. The van der Waals surface area contributed by atoms with Crippen molar-refractivity contribution >= 4 is 22.4 Å². The second-order valence-corrected chi connectivity index (χ2v) is 6.66. The number of carbonyl (C=O) groups excluding carboxylic acids is 1. The molecule has 0 bridgehead atoms. The molecule has 1 aromatic carbocycles. The predicted molar refractivity (Wildman–Crippen MR) is 79.1 cm³/mol. The van der Waals surface area contributed by atoms with Crippen molar-refractivity contribution in [3.8, 4) is 11.5 Å². The van der Waals surface area contributed by atoms with Crippen molar-refractivity contribution in [2.45, 2.75) is 26.2 Å². The standard InChI is InChI=1S/C14H15N3O3S/c1-14(2,3)12-16-17-13(21-12)15-11(18)8-4-5-9-10(6-8)20-7-19-9/h4-6H,7H2,1-3H3,(H,15,17,18). The largest absolute Gasteiger partial charge is 0.454 e. The van der Waals surface area contributed by atoms with Gasteiger partial charge in [-0.05, 0) is 18.2 Å². The molecule has 0 spiro atoms. The molecule has 3 rings (SSSR count). The van der Waals surface area contributed by atoms with Gasteiger partial charge in [0.25, 0.3) is 5.91 Å². The number of aromatic nitrogens is 2. The number of hydrogen-bond donors (Lipinski definition) is 1. The first kappa shape index (κ1) is 13.8. The monoisotopic (exact) mass is 305 g/mol. The molecule has 1 aliphatic heterocycles. The minimum atomic E-state index is -0.245. The van der Waals surface area contributed by atoms with Gasteiger partial charge >= 0.3 is 0 Å². The van der Waals surface area contributed by atoms with E-state index >= 15 is 0 Å². The Morgan fingerprint density at radius 2 is 2.00 bits per heavy atom. The van der Waals surface area contributed by atoms with Crippen LogP contribution in [0.25, 0.3) is 0 Å². The number of ether oxygens (including phenoxy) is 2. The van der Waals surface area contributed by atoms with E-state index in [-0.39, 0.29) is 18.1 Å². The molecule has 1 aliphatic rings. The summed E-state index contributed by atoms with van der Waals surface area (Å²) in [5.74, 6) is 0.984. The molecule has 21 heavy (non-hydrogen) atoms. The molecule has 1 N–H and O–H groups in total. The molecule has 7 heteroatoms. The molecule has 6 nitrogen and oxygen atoms in total. The fraction of sp³-hybridized carbons (Fsp3) is 0.357. The normalized spacial score (nSPS) is 13.3. The molecule has 1 aromatic heterocycles. The third kappa shape index (κ3) is 2.82. The Balaban J connectivity index is 1.76. The second kappa shape index (κ2) is 5.00. The topological polar surface area (TPSA) is 73.3 Å². The lowest BCUT2D eigenvalue weighted by Crippen LogP contribution is -2.11. The summed E-state index contributed by atoms with van der Waals surface area (Å²) >= 11 is 1.38. The van der Waals surface area contributed by atoms with Crippen LogP contribution in [-0.2, 0) is 5.41 Å². The van der Waals surface area contributed by atoms with E-state index in [2.05, 4.69) is 36.3 Å². The Labute approximate surface area is 126 Å². The SMILES string of the molecule is CC(C)(C)c1nnc(NC(=O)c2ccc3c(c2)OCO3)s1. The highest BCUT2D eigenvalue weighted by Crippen LogP contribution is 2.33.